The van der Waals surface area contributed by atoms with Gasteiger partial charge in [-0.05, 0) is 36.6 Å². The number of aryl methyl sites for hydroxylation is 2. The van der Waals surface area contributed by atoms with Crippen LogP contribution in [-0.4, -0.2) is 10.9 Å². The lowest BCUT2D eigenvalue weighted by atomic mass is 10.1. The first-order valence-corrected chi connectivity index (χ1v) is 7.64. The Bertz CT molecular complexity index is 519. The minimum absolute atomic E-state index is 0.405. The van der Waals surface area contributed by atoms with Crippen molar-refractivity contribution in [1.29, 1.82) is 0 Å². The molecule has 0 bridgehead atoms. The van der Waals surface area contributed by atoms with E-state index in [4.69, 9.17) is 0 Å². The van der Waals surface area contributed by atoms with Gasteiger partial charge in [0.2, 0.25) is 0 Å². The molecule has 1 unspecified atom stereocenters. The van der Waals surface area contributed by atoms with Crippen LogP contribution in [0.3, 0.4) is 0 Å². The van der Waals surface area contributed by atoms with Gasteiger partial charge in [0.1, 0.15) is 0 Å². The lowest BCUT2D eigenvalue weighted by Crippen LogP contribution is -2.01. The molecule has 0 saturated heterocycles. The second-order valence-electron chi connectivity index (χ2n) is 4.74. The maximum Gasteiger partial charge on any atom is 0.0884 e. The molecule has 19 heavy (non-hydrogen) atoms. The Hall–Kier alpha value is -1.25. The molecule has 0 fully saturated rings. The van der Waals surface area contributed by atoms with E-state index in [-0.39, 0.29) is 0 Å². The van der Waals surface area contributed by atoms with E-state index in [1.807, 2.05) is 12.1 Å². The monoisotopic (exact) mass is 272 g/mol. The summed E-state index contributed by atoms with van der Waals surface area (Å²) in [6.45, 7) is 4.21. The van der Waals surface area contributed by atoms with Gasteiger partial charge in [-0.3, -0.25) is 0 Å². The molecule has 2 heteroatoms. The summed E-state index contributed by atoms with van der Waals surface area (Å²) >= 11 is 1.70. The zero-order valence-corrected chi connectivity index (χ0v) is 12.3. The average Bonchev–Trinajstić information content (AvgIpc) is 2.46. The smallest absolute Gasteiger partial charge is 0.0884 e. The Morgan fingerprint density at radius 3 is 2.53 bits per heavy atom. The first kappa shape index (κ1) is 14.2. The zero-order chi connectivity index (χ0) is 13.7. The van der Waals surface area contributed by atoms with Crippen LogP contribution < -0.4 is 0 Å². The van der Waals surface area contributed by atoms with Gasteiger partial charge >= 0.3 is 0 Å². The molecule has 0 aliphatic heterocycles. The standard InChI is InChI=1S/C17H20OS/c1-3-14-5-4-6-15(11-14)17(18)12-19-16-9-7-13(2)8-10-16/h4-11,17-18H,3,12H2,1-2H3. The predicted molar refractivity (Wildman–Crippen MR) is 82.7 cm³/mol. The van der Waals surface area contributed by atoms with Gasteiger partial charge in [0.25, 0.3) is 0 Å². The maximum atomic E-state index is 10.2. The first-order valence-electron chi connectivity index (χ1n) is 6.65. The van der Waals surface area contributed by atoms with Crippen LogP contribution in [0.5, 0.6) is 0 Å². The summed E-state index contributed by atoms with van der Waals surface area (Å²) in [4.78, 5) is 1.20. The number of thioether (sulfide) groups is 1. The fourth-order valence-corrected chi connectivity index (χ4v) is 2.80. The lowest BCUT2D eigenvalue weighted by Gasteiger charge is -2.12. The van der Waals surface area contributed by atoms with Crippen molar-refractivity contribution in [3.05, 3.63) is 65.2 Å². The third-order valence-electron chi connectivity index (χ3n) is 3.17. The third-order valence-corrected chi connectivity index (χ3v) is 4.26. The van der Waals surface area contributed by atoms with Gasteiger partial charge in [-0.25, -0.2) is 0 Å². The Morgan fingerprint density at radius 1 is 1.11 bits per heavy atom. The van der Waals surface area contributed by atoms with Crippen LogP contribution >= 0.6 is 11.8 Å². The number of aliphatic hydroxyl groups is 1. The largest absolute Gasteiger partial charge is 0.388 e. The fourth-order valence-electron chi connectivity index (χ4n) is 1.93. The molecule has 2 aromatic carbocycles. The third kappa shape index (κ3) is 4.12. The lowest BCUT2D eigenvalue weighted by molar-refractivity contribution is 0.204. The molecule has 100 valence electrons. The van der Waals surface area contributed by atoms with Crippen molar-refractivity contribution in [2.45, 2.75) is 31.3 Å². The topological polar surface area (TPSA) is 20.2 Å². The summed E-state index contributed by atoms with van der Waals surface area (Å²) in [6.07, 6.45) is 0.601. The van der Waals surface area contributed by atoms with E-state index in [1.165, 1.54) is 16.0 Å². The Labute approximate surface area is 119 Å². The van der Waals surface area contributed by atoms with Crippen molar-refractivity contribution in [2.75, 3.05) is 5.75 Å². The van der Waals surface area contributed by atoms with Crippen molar-refractivity contribution in [3.8, 4) is 0 Å². The average molecular weight is 272 g/mol. The number of aliphatic hydroxyl groups excluding tert-OH is 1. The molecule has 0 aliphatic carbocycles. The van der Waals surface area contributed by atoms with E-state index >= 15 is 0 Å². The van der Waals surface area contributed by atoms with Crippen LogP contribution in [0.15, 0.2) is 53.4 Å². The van der Waals surface area contributed by atoms with Crippen molar-refractivity contribution in [1.82, 2.24) is 0 Å². The van der Waals surface area contributed by atoms with E-state index in [0.29, 0.717) is 5.75 Å². The molecule has 2 rings (SSSR count). The molecule has 1 N–H and O–H groups in total. The van der Waals surface area contributed by atoms with E-state index in [1.54, 1.807) is 11.8 Å². The Balaban J connectivity index is 1.96. The van der Waals surface area contributed by atoms with Gasteiger partial charge in [0, 0.05) is 10.6 Å². The molecule has 0 radical (unpaired) electrons. The van der Waals surface area contributed by atoms with Crippen molar-refractivity contribution >= 4 is 11.8 Å². The number of hydrogen-bond acceptors (Lipinski definition) is 2. The van der Waals surface area contributed by atoms with Crippen LogP contribution in [-0.2, 0) is 6.42 Å². The van der Waals surface area contributed by atoms with Crippen LogP contribution in [0.2, 0.25) is 0 Å². The molecule has 2 aromatic rings. The summed E-state index contributed by atoms with van der Waals surface area (Å²) in [5, 5.41) is 10.2. The molecule has 1 atom stereocenters. The Morgan fingerprint density at radius 2 is 1.84 bits per heavy atom. The molecular weight excluding hydrogens is 252 g/mol. The van der Waals surface area contributed by atoms with Crippen LogP contribution in [0.1, 0.15) is 29.7 Å². The number of benzene rings is 2. The molecule has 0 amide bonds. The van der Waals surface area contributed by atoms with Crippen molar-refractivity contribution < 1.29 is 5.11 Å². The van der Waals surface area contributed by atoms with E-state index < -0.39 is 6.10 Å². The highest BCUT2D eigenvalue weighted by atomic mass is 32.2. The molecular formula is C17H20OS. The summed E-state index contributed by atoms with van der Waals surface area (Å²) < 4.78 is 0. The number of rotatable bonds is 5. The molecule has 0 aliphatic rings. The van der Waals surface area contributed by atoms with Gasteiger partial charge in [0.15, 0.2) is 0 Å². The van der Waals surface area contributed by atoms with Crippen molar-refractivity contribution in [2.24, 2.45) is 0 Å². The summed E-state index contributed by atoms with van der Waals surface area (Å²) in [5.41, 5.74) is 3.55. The van der Waals surface area contributed by atoms with Crippen molar-refractivity contribution in [3.63, 3.8) is 0 Å². The highest BCUT2D eigenvalue weighted by molar-refractivity contribution is 7.99. The molecule has 0 aromatic heterocycles. The van der Waals surface area contributed by atoms with Gasteiger partial charge in [-0.15, -0.1) is 11.8 Å². The van der Waals surface area contributed by atoms with Crippen LogP contribution in [0.25, 0.3) is 0 Å². The minimum Gasteiger partial charge on any atom is -0.388 e. The van der Waals surface area contributed by atoms with E-state index in [9.17, 15) is 5.11 Å². The normalized spacial score (nSPS) is 12.4. The zero-order valence-electron chi connectivity index (χ0n) is 11.5. The molecule has 0 spiro atoms. The maximum absolute atomic E-state index is 10.2. The molecule has 1 nitrogen and oxygen atoms in total. The van der Waals surface area contributed by atoms with E-state index in [0.717, 1.165) is 12.0 Å². The van der Waals surface area contributed by atoms with Crippen LogP contribution in [0, 0.1) is 6.92 Å². The minimum atomic E-state index is -0.405. The second kappa shape index (κ2) is 6.78. The second-order valence-corrected chi connectivity index (χ2v) is 5.83. The summed E-state index contributed by atoms with van der Waals surface area (Å²) in [5.74, 6) is 0.691. The van der Waals surface area contributed by atoms with Crippen LogP contribution in [0.4, 0.5) is 0 Å². The van der Waals surface area contributed by atoms with Gasteiger partial charge in [0.05, 0.1) is 6.10 Å². The Kier molecular flexibility index (Phi) is 5.06. The fraction of sp³-hybridized carbons (Fsp3) is 0.294. The van der Waals surface area contributed by atoms with Gasteiger partial charge < -0.3 is 5.11 Å². The van der Waals surface area contributed by atoms with Gasteiger partial charge in [-0.1, -0.05) is 48.9 Å². The van der Waals surface area contributed by atoms with Gasteiger partial charge in [-0.2, -0.15) is 0 Å². The molecule has 0 saturated carbocycles. The molecule has 0 heterocycles. The first-order chi connectivity index (χ1) is 9.19. The van der Waals surface area contributed by atoms with E-state index in [2.05, 4.69) is 50.2 Å². The number of hydrogen-bond donors (Lipinski definition) is 1. The predicted octanol–water partition coefficient (Wildman–Crippen LogP) is 4.38. The summed E-state index contributed by atoms with van der Waals surface area (Å²) in [7, 11) is 0. The highest BCUT2D eigenvalue weighted by Gasteiger charge is 2.08. The highest BCUT2D eigenvalue weighted by Crippen LogP contribution is 2.25. The summed E-state index contributed by atoms with van der Waals surface area (Å²) in [6, 6.07) is 16.6. The SMILES string of the molecule is CCc1cccc(C(O)CSc2ccc(C)cc2)c1. The quantitative estimate of drug-likeness (QED) is 0.815.